The number of fused-ring (bicyclic) bond motifs is 1. The van der Waals surface area contributed by atoms with Crippen LogP contribution in [-0.4, -0.2) is 98.5 Å². The number of H-pyrrole nitrogens is 1. The molecule has 2 atom stereocenters. The maximum atomic E-state index is 15.2. The monoisotopic (exact) mass is 736 g/mol. The van der Waals surface area contributed by atoms with Crippen molar-refractivity contribution < 1.29 is 18.4 Å². The van der Waals surface area contributed by atoms with Gasteiger partial charge in [-0.25, -0.2) is 18.7 Å². The van der Waals surface area contributed by atoms with Gasteiger partial charge in [-0.05, 0) is 100 Å². The number of nitrogens with one attached hydrogen (secondary N) is 2. The molecule has 2 unspecified atom stereocenters. The van der Waals surface area contributed by atoms with Crippen molar-refractivity contribution in [2.45, 2.75) is 58.4 Å². The lowest BCUT2D eigenvalue weighted by atomic mass is 9.83. The Morgan fingerprint density at radius 3 is 2.54 bits per heavy atom. The Balaban J connectivity index is 0.00000245. The van der Waals surface area contributed by atoms with E-state index in [9.17, 15) is 14.0 Å². The van der Waals surface area contributed by atoms with Crippen LogP contribution in [0.5, 0.6) is 0 Å². The molecular formula is C42H50F2N8O2. The molecule has 1 fully saturated rings. The summed E-state index contributed by atoms with van der Waals surface area (Å²) >= 11 is 0. The summed E-state index contributed by atoms with van der Waals surface area (Å²) in [5.41, 5.74) is 4.21. The molecular weight excluding hydrogens is 687 g/mol. The summed E-state index contributed by atoms with van der Waals surface area (Å²) in [6, 6.07) is 13.5. The van der Waals surface area contributed by atoms with Gasteiger partial charge in [-0.2, -0.15) is 5.10 Å². The Labute approximate surface area is 316 Å². The molecule has 54 heavy (non-hydrogen) atoms. The van der Waals surface area contributed by atoms with Crippen molar-refractivity contribution in [2.75, 3.05) is 51.6 Å². The fourth-order valence-corrected chi connectivity index (χ4v) is 7.81. The molecule has 0 spiro atoms. The lowest BCUT2D eigenvalue weighted by Crippen LogP contribution is -2.60. The zero-order valence-corrected chi connectivity index (χ0v) is 31.6. The van der Waals surface area contributed by atoms with Gasteiger partial charge in [-0.1, -0.05) is 38.5 Å². The number of amides is 2. The molecule has 1 saturated heterocycles. The first-order valence-electron chi connectivity index (χ1n) is 19.0. The number of piperidine rings is 1. The van der Waals surface area contributed by atoms with Crippen LogP contribution in [0.25, 0.3) is 27.7 Å². The van der Waals surface area contributed by atoms with E-state index in [1.165, 1.54) is 18.2 Å². The molecule has 2 aromatic heterocycles. The number of aromatic amines is 1. The summed E-state index contributed by atoms with van der Waals surface area (Å²) in [5, 5.41) is 11.4. The number of likely N-dealkylation sites (N-methyl/N-ethyl adjacent to an activating group) is 1. The molecule has 7 rings (SSSR count). The first-order chi connectivity index (χ1) is 26.2. The minimum absolute atomic E-state index is 0.0446. The highest BCUT2D eigenvalue weighted by atomic mass is 19.1. The molecule has 284 valence electrons. The van der Waals surface area contributed by atoms with Crippen molar-refractivity contribution in [1.29, 1.82) is 0 Å². The van der Waals surface area contributed by atoms with Crippen molar-refractivity contribution >= 4 is 34.0 Å². The number of benzene rings is 2. The Hall–Kier alpha value is -5.07. The Morgan fingerprint density at radius 2 is 1.83 bits per heavy atom. The van der Waals surface area contributed by atoms with Gasteiger partial charge in [-0.15, -0.1) is 0 Å². The van der Waals surface area contributed by atoms with Crippen LogP contribution in [0.2, 0.25) is 0 Å². The lowest BCUT2D eigenvalue weighted by molar-refractivity contribution is -0.133. The smallest absolute Gasteiger partial charge is 0.237 e. The van der Waals surface area contributed by atoms with E-state index in [2.05, 4.69) is 42.2 Å². The molecule has 2 aliphatic heterocycles. The van der Waals surface area contributed by atoms with Crippen LogP contribution in [0.15, 0.2) is 90.6 Å². The number of aromatic nitrogens is 4. The van der Waals surface area contributed by atoms with Crippen molar-refractivity contribution in [3.8, 4) is 11.3 Å². The van der Waals surface area contributed by atoms with E-state index in [-0.39, 0.29) is 42.3 Å². The zero-order valence-electron chi connectivity index (χ0n) is 31.6. The number of hydrogen-bond donors (Lipinski definition) is 2. The van der Waals surface area contributed by atoms with E-state index >= 15 is 4.39 Å². The van der Waals surface area contributed by atoms with Gasteiger partial charge in [-0.3, -0.25) is 24.5 Å². The molecule has 4 aromatic rings. The van der Waals surface area contributed by atoms with E-state index in [0.29, 0.717) is 55.3 Å². The van der Waals surface area contributed by atoms with Crippen LogP contribution in [0.1, 0.15) is 58.7 Å². The third-order valence-electron chi connectivity index (χ3n) is 10.8. The molecule has 0 saturated carbocycles. The van der Waals surface area contributed by atoms with Crippen LogP contribution in [0.3, 0.4) is 0 Å². The van der Waals surface area contributed by atoms with Gasteiger partial charge in [0.15, 0.2) is 5.82 Å². The number of likely N-dealkylation sites (tertiary alicyclic amines) is 1. The summed E-state index contributed by atoms with van der Waals surface area (Å²) < 4.78 is 28.8. The fourth-order valence-electron chi connectivity index (χ4n) is 7.81. The quantitative estimate of drug-likeness (QED) is 0.163. The van der Waals surface area contributed by atoms with E-state index in [1.54, 1.807) is 30.6 Å². The standard InChI is InChI=1S/C40H44F2N8O2.C2H6/c1-3-48(2)40(24-36(51)45-31-11-13-35-33(23-31)38(47-46-35)28-6-9-30(41)10-7-28)16-4-19-49(26-40)25-37(52)50-20-14-27(15-21-50)32-12-8-29(22-34(32)42)39-43-17-5-18-44-39;1-2/h5-11,13-14,17-18,22-23,32H,3-4,12,15-16,19-21,24-26H2,1-2H3,(H,45,51)(H,46,47);1-2H3. The number of anilines is 1. The van der Waals surface area contributed by atoms with E-state index < -0.39 is 5.54 Å². The molecule has 12 heteroatoms. The van der Waals surface area contributed by atoms with Gasteiger partial charge in [0.2, 0.25) is 11.8 Å². The zero-order chi connectivity index (χ0) is 38.2. The minimum atomic E-state index is -0.437. The Kier molecular flexibility index (Phi) is 12.4. The Bertz CT molecular complexity index is 2030. The van der Waals surface area contributed by atoms with Gasteiger partial charge in [0.05, 0.1) is 17.8 Å². The molecule has 2 aromatic carbocycles. The second-order valence-electron chi connectivity index (χ2n) is 14.0. The predicted molar refractivity (Wildman–Crippen MR) is 209 cm³/mol. The van der Waals surface area contributed by atoms with E-state index in [0.717, 1.165) is 48.0 Å². The topological polar surface area (TPSA) is 110 Å². The highest BCUT2D eigenvalue weighted by Crippen LogP contribution is 2.36. The van der Waals surface area contributed by atoms with Gasteiger partial charge in [0.1, 0.15) is 11.6 Å². The summed E-state index contributed by atoms with van der Waals surface area (Å²) in [4.78, 5) is 42.0. The second kappa shape index (κ2) is 17.4. The maximum absolute atomic E-state index is 15.2. The molecule has 0 bridgehead atoms. The third kappa shape index (κ3) is 8.66. The average Bonchev–Trinajstić information content (AvgIpc) is 3.62. The van der Waals surface area contributed by atoms with Gasteiger partial charge in [0.25, 0.3) is 0 Å². The SMILES string of the molecule is CC.CCN(C)C1(CC(=O)Nc2ccc3[nH]nc(-c4ccc(F)cc4)c3c2)CCCN(CC(=O)N2CC=C(C3CC=C(c4ncccn4)C=C3F)CC2)C1. The van der Waals surface area contributed by atoms with Crippen LogP contribution < -0.4 is 5.32 Å². The number of hydrogen-bond acceptors (Lipinski definition) is 7. The van der Waals surface area contributed by atoms with Crippen molar-refractivity contribution in [3.05, 3.63) is 102 Å². The number of carbonyl (C=O) groups excluding carboxylic acids is 2. The van der Waals surface area contributed by atoms with Crippen LogP contribution >= 0.6 is 0 Å². The van der Waals surface area contributed by atoms with Crippen LogP contribution in [0, 0.1) is 11.7 Å². The summed E-state index contributed by atoms with van der Waals surface area (Å²) in [6.45, 7) is 9.50. The van der Waals surface area contributed by atoms with E-state index in [4.69, 9.17) is 0 Å². The number of carbonyl (C=O) groups is 2. The number of allylic oxidation sites excluding steroid dienone is 4. The third-order valence-corrected chi connectivity index (χ3v) is 10.8. The van der Waals surface area contributed by atoms with Gasteiger partial charge >= 0.3 is 0 Å². The molecule has 1 aliphatic carbocycles. The normalized spacial score (nSPS) is 20.5. The number of nitrogens with zero attached hydrogens (tertiary/aromatic N) is 6. The summed E-state index contributed by atoms with van der Waals surface area (Å²) in [6.07, 6.45) is 12.0. The van der Waals surface area contributed by atoms with Crippen LogP contribution in [0.4, 0.5) is 14.5 Å². The summed E-state index contributed by atoms with van der Waals surface area (Å²) in [7, 11) is 2.05. The lowest BCUT2D eigenvalue weighted by Gasteiger charge is -2.48. The van der Waals surface area contributed by atoms with Crippen molar-refractivity contribution in [3.63, 3.8) is 0 Å². The molecule has 10 nitrogen and oxygen atoms in total. The van der Waals surface area contributed by atoms with Gasteiger partial charge < -0.3 is 10.2 Å². The molecule has 2 amide bonds. The first kappa shape index (κ1) is 38.6. The predicted octanol–water partition coefficient (Wildman–Crippen LogP) is 7.42. The minimum Gasteiger partial charge on any atom is -0.338 e. The maximum Gasteiger partial charge on any atom is 0.237 e. The van der Waals surface area contributed by atoms with Crippen molar-refractivity contribution in [2.24, 2.45) is 5.92 Å². The number of rotatable bonds is 10. The highest BCUT2D eigenvalue weighted by molar-refractivity contribution is 5.98. The van der Waals surface area contributed by atoms with Crippen LogP contribution in [-0.2, 0) is 9.59 Å². The first-order valence-corrected chi connectivity index (χ1v) is 19.0. The van der Waals surface area contributed by atoms with E-state index in [1.807, 2.05) is 56.1 Å². The fraction of sp³-hybridized carbons (Fsp3) is 0.405. The van der Waals surface area contributed by atoms with Crippen molar-refractivity contribution in [1.82, 2.24) is 34.9 Å². The molecule has 4 heterocycles. The second-order valence-corrected chi connectivity index (χ2v) is 14.0. The number of halogens is 2. The average molecular weight is 737 g/mol. The van der Waals surface area contributed by atoms with Gasteiger partial charge in [0, 0.05) is 72.1 Å². The molecule has 2 N–H and O–H groups in total. The highest BCUT2D eigenvalue weighted by Gasteiger charge is 2.41. The molecule has 3 aliphatic rings. The summed E-state index contributed by atoms with van der Waals surface area (Å²) in [5.74, 6) is -0.367. The largest absolute Gasteiger partial charge is 0.338 e. The Morgan fingerprint density at radius 1 is 1.06 bits per heavy atom. The molecule has 0 radical (unpaired) electrons.